The van der Waals surface area contributed by atoms with E-state index in [9.17, 15) is 19.2 Å². The van der Waals surface area contributed by atoms with Crippen LogP contribution in [0.4, 0.5) is 0 Å². The summed E-state index contributed by atoms with van der Waals surface area (Å²) in [5.74, 6) is -0.721. The molecule has 4 rings (SSSR count). The molecule has 0 radical (unpaired) electrons. The minimum atomic E-state index is -0.367. The fourth-order valence-electron chi connectivity index (χ4n) is 4.35. The Balaban J connectivity index is 1.31. The Hall–Kier alpha value is -3.59. The normalized spacial score (nSPS) is 16.0. The highest BCUT2D eigenvalue weighted by Crippen LogP contribution is 2.26. The van der Waals surface area contributed by atoms with Gasteiger partial charge in [-0.2, -0.15) is 0 Å². The average molecular weight is 465 g/mol. The predicted molar refractivity (Wildman–Crippen MR) is 123 cm³/mol. The van der Waals surface area contributed by atoms with E-state index < -0.39 is 0 Å². The number of pyridine rings is 1. The van der Waals surface area contributed by atoms with Gasteiger partial charge in [0.25, 0.3) is 23.6 Å². The van der Waals surface area contributed by atoms with Crippen molar-refractivity contribution >= 4 is 23.6 Å². The Kier molecular flexibility index (Phi) is 7.32. The van der Waals surface area contributed by atoms with Crippen LogP contribution in [0.3, 0.4) is 0 Å². The number of carbonyl (C=O) groups excluding carboxylic acids is 4. The highest BCUT2D eigenvalue weighted by atomic mass is 16.5. The SMILES string of the molecule is COCCCN1C(=O)c2ccc(C(=O)N3CCC(CNC(=O)c4cccnc4)CC3)cc2C1=O. The van der Waals surface area contributed by atoms with Crippen LogP contribution in [0.1, 0.15) is 60.7 Å². The molecule has 2 aliphatic rings. The number of benzene rings is 1. The summed E-state index contributed by atoms with van der Waals surface area (Å²) in [7, 11) is 1.57. The van der Waals surface area contributed by atoms with E-state index in [2.05, 4.69) is 10.3 Å². The maximum atomic E-state index is 13.1. The highest BCUT2D eigenvalue weighted by molar-refractivity contribution is 6.22. The quantitative estimate of drug-likeness (QED) is 0.473. The third-order valence-corrected chi connectivity index (χ3v) is 6.32. The molecule has 0 atom stereocenters. The Morgan fingerprint density at radius 3 is 2.56 bits per heavy atom. The van der Waals surface area contributed by atoms with Gasteiger partial charge in [-0.15, -0.1) is 0 Å². The zero-order valence-corrected chi connectivity index (χ0v) is 19.2. The lowest BCUT2D eigenvalue weighted by Crippen LogP contribution is -2.41. The molecule has 0 spiro atoms. The third-order valence-electron chi connectivity index (χ3n) is 6.32. The van der Waals surface area contributed by atoms with Crippen molar-refractivity contribution in [3.63, 3.8) is 0 Å². The number of likely N-dealkylation sites (tertiary alicyclic amines) is 1. The van der Waals surface area contributed by atoms with Gasteiger partial charge < -0.3 is 15.0 Å². The molecular weight excluding hydrogens is 436 g/mol. The van der Waals surface area contributed by atoms with Crippen LogP contribution < -0.4 is 5.32 Å². The second-order valence-electron chi connectivity index (χ2n) is 8.56. The van der Waals surface area contributed by atoms with Crippen LogP contribution in [0, 0.1) is 5.92 Å². The van der Waals surface area contributed by atoms with Crippen LogP contribution >= 0.6 is 0 Å². The zero-order valence-electron chi connectivity index (χ0n) is 19.2. The molecule has 2 aliphatic heterocycles. The van der Waals surface area contributed by atoms with E-state index in [0.29, 0.717) is 49.4 Å². The van der Waals surface area contributed by atoms with Crippen molar-refractivity contribution in [2.45, 2.75) is 19.3 Å². The number of fused-ring (bicyclic) bond motifs is 1. The number of methoxy groups -OCH3 is 1. The summed E-state index contributed by atoms with van der Waals surface area (Å²) in [6.45, 7) is 2.43. The minimum Gasteiger partial charge on any atom is -0.385 e. The summed E-state index contributed by atoms with van der Waals surface area (Å²) in [6.07, 6.45) is 5.26. The molecule has 1 saturated heterocycles. The van der Waals surface area contributed by atoms with Crippen molar-refractivity contribution in [2.75, 3.05) is 39.9 Å². The topological polar surface area (TPSA) is 109 Å². The number of amides is 4. The number of nitrogens with one attached hydrogen (secondary N) is 1. The van der Waals surface area contributed by atoms with Crippen molar-refractivity contribution < 1.29 is 23.9 Å². The molecule has 9 nitrogen and oxygen atoms in total. The van der Waals surface area contributed by atoms with Crippen LogP contribution in [-0.2, 0) is 4.74 Å². The number of rotatable bonds is 8. The second kappa shape index (κ2) is 10.6. The van der Waals surface area contributed by atoms with E-state index in [1.54, 1.807) is 42.5 Å². The van der Waals surface area contributed by atoms with E-state index in [1.165, 1.54) is 17.2 Å². The molecule has 4 amide bonds. The van der Waals surface area contributed by atoms with Gasteiger partial charge in [0.05, 0.1) is 16.7 Å². The summed E-state index contributed by atoms with van der Waals surface area (Å²) >= 11 is 0. The van der Waals surface area contributed by atoms with Crippen LogP contribution in [-0.4, -0.2) is 78.3 Å². The predicted octanol–water partition coefficient (Wildman–Crippen LogP) is 2.00. The maximum Gasteiger partial charge on any atom is 0.261 e. The van der Waals surface area contributed by atoms with Gasteiger partial charge in [0.15, 0.2) is 0 Å². The molecule has 1 aromatic carbocycles. The highest BCUT2D eigenvalue weighted by Gasteiger charge is 2.36. The fraction of sp³-hybridized carbons (Fsp3) is 0.400. The molecule has 1 N–H and O–H groups in total. The fourth-order valence-corrected chi connectivity index (χ4v) is 4.35. The molecule has 2 aromatic rings. The standard InChI is InChI=1S/C25H28N4O5/c1-34-13-3-10-29-24(32)20-6-5-18(14-21(20)25(29)33)23(31)28-11-7-17(8-12-28)15-27-22(30)19-4-2-9-26-16-19/h2,4-6,9,14,16-17H,3,7-8,10-13,15H2,1H3,(H,27,30). The van der Waals surface area contributed by atoms with Gasteiger partial charge in [0, 0.05) is 57.9 Å². The Morgan fingerprint density at radius 2 is 1.85 bits per heavy atom. The van der Waals surface area contributed by atoms with E-state index >= 15 is 0 Å². The van der Waals surface area contributed by atoms with E-state index in [1.807, 2.05) is 0 Å². The van der Waals surface area contributed by atoms with Gasteiger partial charge in [0.1, 0.15) is 0 Å². The van der Waals surface area contributed by atoms with Crippen LogP contribution in [0.2, 0.25) is 0 Å². The first-order chi connectivity index (χ1) is 16.5. The summed E-state index contributed by atoms with van der Waals surface area (Å²) in [5.41, 5.74) is 1.54. The number of imide groups is 1. The van der Waals surface area contributed by atoms with E-state index in [0.717, 1.165) is 12.8 Å². The molecule has 0 unspecified atom stereocenters. The van der Waals surface area contributed by atoms with Crippen LogP contribution in [0.25, 0.3) is 0 Å². The average Bonchev–Trinajstić information content (AvgIpc) is 3.12. The van der Waals surface area contributed by atoms with E-state index in [-0.39, 0.29) is 41.7 Å². The second-order valence-corrected chi connectivity index (χ2v) is 8.56. The molecule has 34 heavy (non-hydrogen) atoms. The first-order valence-corrected chi connectivity index (χ1v) is 11.5. The summed E-state index contributed by atoms with van der Waals surface area (Å²) in [6, 6.07) is 8.16. The molecule has 178 valence electrons. The van der Waals surface area contributed by atoms with Gasteiger partial charge >= 0.3 is 0 Å². The zero-order chi connectivity index (χ0) is 24.1. The lowest BCUT2D eigenvalue weighted by Gasteiger charge is -2.32. The monoisotopic (exact) mass is 464 g/mol. The van der Waals surface area contributed by atoms with Gasteiger partial charge in [-0.3, -0.25) is 29.1 Å². The molecule has 1 aromatic heterocycles. The summed E-state index contributed by atoms with van der Waals surface area (Å²) in [5, 5.41) is 2.94. The number of ether oxygens (including phenoxy) is 1. The molecule has 0 bridgehead atoms. The van der Waals surface area contributed by atoms with Crippen LogP contribution in [0.15, 0.2) is 42.7 Å². The van der Waals surface area contributed by atoms with Gasteiger partial charge in [-0.05, 0) is 55.5 Å². The first-order valence-electron chi connectivity index (χ1n) is 11.5. The number of carbonyl (C=O) groups is 4. The lowest BCUT2D eigenvalue weighted by atomic mass is 9.95. The van der Waals surface area contributed by atoms with Crippen LogP contribution in [0.5, 0.6) is 0 Å². The number of hydrogen-bond acceptors (Lipinski definition) is 6. The largest absolute Gasteiger partial charge is 0.385 e. The lowest BCUT2D eigenvalue weighted by molar-refractivity contribution is 0.0637. The Morgan fingerprint density at radius 1 is 1.09 bits per heavy atom. The van der Waals surface area contributed by atoms with Crippen molar-refractivity contribution in [1.82, 2.24) is 20.1 Å². The minimum absolute atomic E-state index is 0.153. The number of piperidine rings is 1. The van der Waals surface area contributed by atoms with Gasteiger partial charge in [-0.1, -0.05) is 0 Å². The van der Waals surface area contributed by atoms with Crippen molar-refractivity contribution in [2.24, 2.45) is 5.92 Å². The third kappa shape index (κ3) is 4.99. The molecule has 0 saturated carbocycles. The molecule has 1 fully saturated rings. The smallest absolute Gasteiger partial charge is 0.261 e. The molecule has 3 heterocycles. The Labute approximate surface area is 198 Å². The number of hydrogen-bond donors (Lipinski definition) is 1. The van der Waals surface area contributed by atoms with Gasteiger partial charge in [-0.25, -0.2) is 0 Å². The van der Waals surface area contributed by atoms with Crippen molar-refractivity contribution in [1.29, 1.82) is 0 Å². The molecular formula is C25H28N4O5. The maximum absolute atomic E-state index is 13.1. The van der Waals surface area contributed by atoms with Gasteiger partial charge in [0.2, 0.25) is 0 Å². The van der Waals surface area contributed by atoms with E-state index in [4.69, 9.17) is 4.74 Å². The van der Waals surface area contributed by atoms with Crippen molar-refractivity contribution in [3.8, 4) is 0 Å². The summed E-state index contributed by atoms with van der Waals surface area (Å²) in [4.78, 5) is 57.5. The molecule has 9 heteroatoms. The van der Waals surface area contributed by atoms with Crippen molar-refractivity contribution in [3.05, 3.63) is 65.0 Å². The number of aromatic nitrogens is 1. The number of nitrogens with zero attached hydrogens (tertiary/aromatic N) is 3. The summed E-state index contributed by atoms with van der Waals surface area (Å²) < 4.78 is 5.00. The first kappa shape index (κ1) is 23.6. The Bertz CT molecular complexity index is 1080. The molecule has 0 aliphatic carbocycles.